The largest absolute Gasteiger partial charge is 0.487 e. The van der Waals surface area contributed by atoms with Crippen molar-refractivity contribution in [1.29, 1.82) is 0 Å². The standard InChI is InChI=1S/C15H12N4OS/c1-10-18-13-6-5-12(7-14(13)21-10)20-8-11-3-2-4-15-16-9-17-19(11)15/h2-7,9H,8H2,1H3. The maximum atomic E-state index is 5.88. The molecule has 0 unspecified atom stereocenters. The predicted molar refractivity (Wildman–Crippen MR) is 81.7 cm³/mol. The van der Waals surface area contributed by atoms with Gasteiger partial charge in [0.25, 0.3) is 0 Å². The van der Waals surface area contributed by atoms with Crippen LogP contribution in [0.25, 0.3) is 15.9 Å². The number of ether oxygens (including phenoxy) is 1. The predicted octanol–water partition coefficient (Wildman–Crippen LogP) is 3.23. The second-order valence-electron chi connectivity index (χ2n) is 4.70. The smallest absolute Gasteiger partial charge is 0.155 e. The van der Waals surface area contributed by atoms with Gasteiger partial charge in [0, 0.05) is 0 Å². The molecule has 5 nitrogen and oxygen atoms in total. The monoisotopic (exact) mass is 296 g/mol. The van der Waals surface area contributed by atoms with Gasteiger partial charge in [-0.2, -0.15) is 5.10 Å². The van der Waals surface area contributed by atoms with Crippen LogP contribution in [0.15, 0.2) is 42.7 Å². The average Bonchev–Trinajstić information content (AvgIpc) is 3.09. The summed E-state index contributed by atoms with van der Waals surface area (Å²) in [6, 6.07) is 11.8. The summed E-state index contributed by atoms with van der Waals surface area (Å²) in [5.41, 5.74) is 2.80. The summed E-state index contributed by atoms with van der Waals surface area (Å²) in [5.74, 6) is 0.836. The van der Waals surface area contributed by atoms with E-state index in [9.17, 15) is 0 Å². The Balaban J connectivity index is 1.61. The zero-order valence-electron chi connectivity index (χ0n) is 11.4. The number of hydrogen-bond acceptors (Lipinski definition) is 5. The Kier molecular flexibility index (Phi) is 2.82. The Hall–Kier alpha value is -2.47. The summed E-state index contributed by atoms with van der Waals surface area (Å²) < 4.78 is 8.81. The minimum absolute atomic E-state index is 0.448. The first kappa shape index (κ1) is 12.3. The van der Waals surface area contributed by atoms with E-state index in [-0.39, 0.29) is 0 Å². The first-order valence-corrected chi connectivity index (χ1v) is 7.39. The van der Waals surface area contributed by atoms with Gasteiger partial charge in [0.15, 0.2) is 5.65 Å². The Morgan fingerprint density at radius 3 is 3.14 bits per heavy atom. The first-order valence-electron chi connectivity index (χ1n) is 6.57. The maximum Gasteiger partial charge on any atom is 0.155 e. The summed E-state index contributed by atoms with van der Waals surface area (Å²) >= 11 is 1.67. The van der Waals surface area contributed by atoms with Gasteiger partial charge in [-0.05, 0) is 37.3 Å². The highest BCUT2D eigenvalue weighted by Crippen LogP contribution is 2.26. The summed E-state index contributed by atoms with van der Waals surface area (Å²) in [7, 11) is 0. The van der Waals surface area contributed by atoms with Gasteiger partial charge < -0.3 is 4.74 Å². The van der Waals surface area contributed by atoms with Gasteiger partial charge >= 0.3 is 0 Å². The van der Waals surface area contributed by atoms with Crippen molar-refractivity contribution in [2.45, 2.75) is 13.5 Å². The van der Waals surface area contributed by atoms with Gasteiger partial charge in [0.1, 0.15) is 18.7 Å². The number of aromatic nitrogens is 4. The van der Waals surface area contributed by atoms with Crippen molar-refractivity contribution in [1.82, 2.24) is 19.6 Å². The van der Waals surface area contributed by atoms with Gasteiger partial charge in [0.2, 0.25) is 0 Å². The molecule has 0 atom stereocenters. The molecule has 4 rings (SSSR count). The fraction of sp³-hybridized carbons (Fsp3) is 0.133. The van der Waals surface area contributed by atoms with Crippen LogP contribution in [0.4, 0.5) is 0 Å². The molecule has 3 heterocycles. The van der Waals surface area contributed by atoms with E-state index in [4.69, 9.17) is 4.74 Å². The lowest BCUT2D eigenvalue weighted by Gasteiger charge is -2.07. The van der Waals surface area contributed by atoms with E-state index in [0.717, 1.165) is 32.3 Å². The molecule has 104 valence electrons. The van der Waals surface area contributed by atoms with Crippen molar-refractivity contribution < 1.29 is 4.74 Å². The fourth-order valence-electron chi connectivity index (χ4n) is 2.28. The molecule has 1 aromatic carbocycles. The lowest BCUT2D eigenvalue weighted by Crippen LogP contribution is -2.03. The summed E-state index contributed by atoms with van der Waals surface area (Å²) in [6.45, 7) is 2.46. The van der Waals surface area contributed by atoms with Crippen molar-refractivity contribution >= 4 is 27.2 Å². The molecule has 0 bridgehead atoms. The van der Waals surface area contributed by atoms with Crippen molar-refractivity contribution in [2.24, 2.45) is 0 Å². The minimum Gasteiger partial charge on any atom is -0.487 e. The molecule has 4 aromatic rings. The Morgan fingerprint density at radius 1 is 1.24 bits per heavy atom. The van der Waals surface area contributed by atoms with Gasteiger partial charge in [-0.1, -0.05) is 6.07 Å². The van der Waals surface area contributed by atoms with E-state index in [1.54, 1.807) is 22.2 Å². The van der Waals surface area contributed by atoms with E-state index >= 15 is 0 Å². The third-order valence-corrected chi connectivity index (χ3v) is 4.17. The molecular formula is C15H12N4OS. The number of fused-ring (bicyclic) bond motifs is 2. The second-order valence-corrected chi connectivity index (χ2v) is 5.93. The third-order valence-electron chi connectivity index (χ3n) is 3.23. The molecule has 0 fully saturated rings. The van der Waals surface area contributed by atoms with Crippen LogP contribution in [0.5, 0.6) is 5.75 Å². The molecular weight excluding hydrogens is 284 g/mol. The third kappa shape index (κ3) is 2.23. The number of pyridine rings is 1. The molecule has 0 saturated carbocycles. The van der Waals surface area contributed by atoms with Crippen LogP contribution in [-0.4, -0.2) is 19.6 Å². The number of benzene rings is 1. The molecule has 0 aliphatic rings. The highest BCUT2D eigenvalue weighted by Gasteiger charge is 2.05. The zero-order valence-corrected chi connectivity index (χ0v) is 12.2. The molecule has 0 N–H and O–H groups in total. The molecule has 0 amide bonds. The maximum absolute atomic E-state index is 5.88. The Bertz CT molecular complexity index is 928. The van der Waals surface area contributed by atoms with Crippen molar-refractivity contribution in [2.75, 3.05) is 0 Å². The lowest BCUT2D eigenvalue weighted by molar-refractivity contribution is 0.298. The zero-order chi connectivity index (χ0) is 14.2. The van der Waals surface area contributed by atoms with Gasteiger partial charge in [-0.15, -0.1) is 11.3 Å². The van der Waals surface area contributed by atoms with Crippen LogP contribution in [0.2, 0.25) is 0 Å². The van der Waals surface area contributed by atoms with Crippen LogP contribution in [0.1, 0.15) is 10.7 Å². The Morgan fingerprint density at radius 2 is 2.19 bits per heavy atom. The molecule has 6 heteroatoms. The van der Waals surface area contributed by atoms with Crippen LogP contribution >= 0.6 is 11.3 Å². The molecule has 0 spiro atoms. The molecule has 0 aliphatic heterocycles. The normalized spacial score (nSPS) is 11.3. The molecule has 0 aliphatic carbocycles. The van der Waals surface area contributed by atoms with E-state index in [1.165, 1.54) is 0 Å². The highest BCUT2D eigenvalue weighted by molar-refractivity contribution is 7.18. The lowest BCUT2D eigenvalue weighted by atomic mass is 10.3. The van der Waals surface area contributed by atoms with Crippen LogP contribution in [0.3, 0.4) is 0 Å². The topological polar surface area (TPSA) is 52.3 Å². The first-order chi connectivity index (χ1) is 10.3. The van der Waals surface area contributed by atoms with E-state index < -0.39 is 0 Å². The second kappa shape index (κ2) is 4.82. The van der Waals surface area contributed by atoms with E-state index in [1.807, 2.05) is 43.3 Å². The Labute approximate surface area is 124 Å². The summed E-state index contributed by atoms with van der Waals surface area (Å²) in [6.07, 6.45) is 1.55. The average molecular weight is 296 g/mol. The molecule has 3 aromatic heterocycles. The van der Waals surface area contributed by atoms with Crippen molar-refractivity contribution in [3.05, 3.63) is 53.4 Å². The van der Waals surface area contributed by atoms with E-state index in [0.29, 0.717) is 6.61 Å². The van der Waals surface area contributed by atoms with Crippen molar-refractivity contribution in [3.63, 3.8) is 0 Å². The van der Waals surface area contributed by atoms with Crippen LogP contribution < -0.4 is 4.74 Å². The molecule has 0 radical (unpaired) electrons. The SMILES string of the molecule is Cc1nc2ccc(OCc3cccc4ncnn34)cc2s1. The minimum atomic E-state index is 0.448. The van der Waals surface area contributed by atoms with Crippen molar-refractivity contribution in [3.8, 4) is 5.75 Å². The van der Waals surface area contributed by atoms with Gasteiger partial charge in [-0.3, -0.25) is 0 Å². The number of nitrogens with zero attached hydrogens (tertiary/aromatic N) is 4. The molecule has 0 saturated heterocycles. The summed E-state index contributed by atoms with van der Waals surface area (Å²) in [4.78, 5) is 8.61. The quantitative estimate of drug-likeness (QED) is 0.582. The fourth-order valence-corrected chi connectivity index (χ4v) is 3.13. The van der Waals surface area contributed by atoms with Gasteiger partial charge in [-0.25, -0.2) is 14.5 Å². The number of rotatable bonds is 3. The van der Waals surface area contributed by atoms with Gasteiger partial charge in [0.05, 0.1) is 20.9 Å². The number of aryl methyl sites for hydroxylation is 1. The van der Waals surface area contributed by atoms with Crippen LogP contribution in [0, 0.1) is 6.92 Å². The highest BCUT2D eigenvalue weighted by atomic mass is 32.1. The van der Waals surface area contributed by atoms with Crippen LogP contribution in [-0.2, 0) is 6.61 Å². The molecule has 21 heavy (non-hydrogen) atoms. The number of thiazole rings is 1. The summed E-state index contributed by atoms with van der Waals surface area (Å²) in [5, 5.41) is 5.27. The number of hydrogen-bond donors (Lipinski definition) is 0. The van der Waals surface area contributed by atoms with E-state index in [2.05, 4.69) is 15.1 Å².